The summed E-state index contributed by atoms with van der Waals surface area (Å²) in [4.78, 5) is 20.2. The summed E-state index contributed by atoms with van der Waals surface area (Å²) >= 11 is 0. The highest BCUT2D eigenvalue weighted by Crippen LogP contribution is 2.22. The predicted molar refractivity (Wildman–Crippen MR) is 53.6 cm³/mol. The van der Waals surface area contributed by atoms with Crippen molar-refractivity contribution in [3.63, 3.8) is 0 Å². The van der Waals surface area contributed by atoms with Gasteiger partial charge in [-0.1, -0.05) is 19.1 Å². The van der Waals surface area contributed by atoms with Crippen molar-refractivity contribution < 1.29 is 19.2 Å². The van der Waals surface area contributed by atoms with E-state index in [1.54, 1.807) is 0 Å². The molecule has 5 nitrogen and oxygen atoms in total. The number of carbonyl (C=O) groups is 1. The molecular weight excluding hydrogens is 217 g/mol. The second-order valence-corrected chi connectivity index (χ2v) is 3.45. The second-order valence-electron chi connectivity index (χ2n) is 3.45. The third kappa shape index (κ3) is 2.53. The lowest BCUT2D eigenvalue weighted by Gasteiger charge is -2.06. The van der Waals surface area contributed by atoms with Crippen molar-refractivity contribution in [3.8, 4) is 0 Å². The van der Waals surface area contributed by atoms with E-state index in [-0.39, 0.29) is 12.0 Å². The summed E-state index contributed by atoms with van der Waals surface area (Å²) in [7, 11) is 0. The van der Waals surface area contributed by atoms with Gasteiger partial charge in [-0.3, -0.25) is 14.9 Å². The van der Waals surface area contributed by atoms with Gasteiger partial charge >= 0.3 is 11.7 Å². The highest BCUT2D eigenvalue weighted by atomic mass is 19.1. The molecule has 1 unspecified atom stereocenters. The summed E-state index contributed by atoms with van der Waals surface area (Å²) in [5, 5.41) is 19.1. The number of nitrogens with zero attached hydrogens (tertiary/aromatic N) is 1. The molecule has 0 amide bonds. The Morgan fingerprint density at radius 2 is 2.25 bits per heavy atom. The molecule has 0 aliphatic rings. The van der Waals surface area contributed by atoms with Gasteiger partial charge in [0.1, 0.15) is 0 Å². The van der Waals surface area contributed by atoms with Crippen LogP contribution in [0.2, 0.25) is 0 Å². The third-order valence-electron chi connectivity index (χ3n) is 2.20. The lowest BCUT2D eigenvalue weighted by molar-refractivity contribution is -0.387. The van der Waals surface area contributed by atoms with Crippen molar-refractivity contribution in [1.29, 1.82) is 0 Å². The fourth-order valence-electron chi connectivity index (χ4n) is 1.28. The maximum absolute atomic E-state index is 13.5. The quantitative estimate of drug-likeness (QED) is 0.630. The lowest BCUT2D eigenvalue weighted by Crippen LogP contribution is -2.13. The van der Waals surface area contributed by atoms with E-state index in [9.17, 15) is 19.3 Å². The Morgan fingerprint density at radius 3 is 2.75 bits per heavy atom. The van der Waals surface area contributed by atoms with Crippen LogP contribution in [0.5, 0.6) is 0 Å². The number of halogens is 1. The van der Waals surface area contributed by atoms with Crippen molar-refractivity contribution >= 4 is 11.7 Å². The number of carboxylic acids is 1. The molecule has 0 fully saturated rings. The minimum atomic E-state index is -1.06. The number of carboxylic acid groups (broad SMARTS) is 1. The minimum Gasteiger partial charge on any atom is -0.481 e. The van der Waals surface area contributed by atoms with E-state index < -0.39 is 28.3 Å². The Kier molecular flexibility index (Phi) is 3.55. The zero-order valence-electron chi connectivity index (χ0n) is 8.51. The Hall–Kier alpha value is -1.98. The molecule has 0 saturated carbocycles. The highest BCUT2D eigenvalue weighted by molar-refractivity contribution is 5.70. The maximum Gasteiger partial charge on any atom is 0.306 e. The van der Waals surface area contributed by atoms with Crippen LogP contribution in [-0.2, 0) is 11.2 Å². The number of hydrogen-bond donors (Lipinski definition) is 1. The average molecular weight is 227 g/mol. The fourth-order valence-corrected chi connectivity index (χ4v) is 1.28. The number of aliphatic carboxylic acids is 1. The standard InChI is InChI=1S/C10H10FNO4/c1-6(10(13)14)5-7-3-2-4-8(9(7)11)12(15)16/h2-4,6H,5H2,1H3,(H,13,14). The molecule has 0 heterocycles. The zero-order chi connectivity index (χ0) is 12.3. The Morgan fingerprint density at radius 1 is 1.62 bits per heavy atom. The Balaban J connectivity index is 3.02. The molecule has 6 heteroatoms. The zero-order valence-corrected chi connectivity index (χ0v) is 8.51. The van der Waals surface area contributed by atoms with Gasteiger partial charge in [0, 0.05) is 6.07 Å². The third-order valence-corrected chi connectivity index (χ3v) is 2.20. The first-order valence-corrected chi connectivity index (χ1v) is 4.58. The number of rotatable bonds is 4. The van der Waals surface area contributed by atoms with Crippen LogP contribution >= 0.6 is 0 Å². The van der Waals surface area contributed by atoms with Crippen molar-refractivity contribution in [1.82, 2.24) is 0 Å². The first-order valence-electron chi connectivity index (χ1n) is 4.58. The van der Waals surface area contributed by atoms with E-state index in [0.717, 1.165) is 6.07 Å². The van der Waals surface area contributed by atoms with Crippen LogP contribution in [0, 0.1) is 21.8 Å². The Labute approximate surface area is 90.7 Å². The molecule has 1 atom stereocenters. The van der Waals surface area contributed by atoms with Gasteiger partial charge in [0.25, 0.3) is 0 Å². The van der Waals surface area contributed by atoms with Gasteiger partial charge in [-0.2, -0.15) is 4.39 Å². The van der Waals surface area contributed by atoms with Gasteiger partial charge in [-0.15, -0.1) is 0 Å². The van der Waals surface area contributed by atoms with Crippen molar-refractivity contribution in [2.45, 2.75) is 13.3 Å². The Bertz CT molecular complexity index is 433. The fraction of sp³-hybridized carbons (Fsp3) is 0.300. The molecule has 86 valence electrons. The maximum atomic E-state index is 13.5. The molecule has 1 N–H and O–H groups in total. The second kappa shape index (κ2) is 4.69. The van der Waals surface area contributed by atoms with E-state index in [4.69, 9.17) is 5.11 Å². The molecule has 0 aliphatic carbocycles. The molecule has 1 rings (SSSR count). The number of benzene rings is 1. The minimum absolute atomic E-state index is 0.0455. The smallest absolute Gasteiger partial charge is 0.306 e. The van der Waals surface area contributed by atoms with Gasteiger partial charge in [0.2, 0.25) is 5.82 Å². The predicted octanol–water partition coefficient (Wildman–Crippen LogP) is 2.00. The number of nitro groups is 1. The largest absolute Gasteiger partial charge is 0.481 e. The van der Waals surface area contributed by atoms with Gasteiger partial charge in [0.15, 0.2) is 0 Å². The van der Waals surface area contributed by atoms with E-state index in [0.29, 0.717) is 0 Å². The molecule has 16 heavy (non-hydrogen) atoms. The van der Waals surface area contributed by atoms with Crippen molar-refractivity contribution in [2.75, 3.05) is 0 Å². The molecule has 1 aromatic rings. The SMILES string of the molecule is CC(Cc1cccc([N+](=O)[O-])c1F)C(=O)O. The van der Waals surface area contributed by atoms with Gasteiger partial charge in [-0.25, -0.2) is 0 Å². The van der Waals surface area contributed by atoms with Crippen LogP contribution < -0.4 is 0 Å². The summed E-state index contributed by atoms with van der Waals surface area (Å²) in [5.74, 6) is -2.80. The normalized spacial score (nSPS) is 12.1. The molecule has 0 aliphatic heterocycles. The first kappa shape index (κ1) is 12.1. The first-order chi connectivity index (χ1) is 7.43. The van der Waals surface area contributed by atoms with Crippen molar-refractivity contribution in [2.24, 2.45) is 5.92 Å². The van der Waals surface area contributed by atoms with Crippen LogP contribution in [0.1, 0.15) is 12.5 Å². The number of nitro benzene ring substituents is 1. The summed E-state index contributed by atoms with van der Waals surface area (Å²) in [6.07, 6.45) is -0.0666. The molecule has 0 saturated heterocycles. The van der Waals surface area contributed by atoms with Gasteiger partial charge < -0.3 is 5.11 Å². The topological polar surface area (TPSA) is 80.4 Å². The van der Waals surface area contributed by atoms with Crippen LogP contribution in [0.15, 0.2) is 18.2 Å². The summed E-state index contributed by atoms with van der Waals surface area (Å²) in [6, 6.07) is 3.73. The summed E-state index contributed by atoms with van der Waals surface area (Å²) in [5.41, 5.74) is -0.584. The van der Waals surface area contributed by atoms with Gasteiger partial charge in [-0.05, 0) is 12.0 Å². The molecule has 0 spiro atoms. The number of hydrogen-bond acceptors (Lipinski definition) is 3. The van der Waals surface area contributed by atoms with Crippen molar-refractivity contribution in [3.05, 3.63) is 39.7 Å². The molecule has 1 aromatic carbocycles. The van der Waals surface area contributed by atoms with E-state index in [1.807, 2.05) is 0 Å². The molecule has 0 radical (unpaired) electrons. The lowest BCUT2D eigenvalue weighted by atomic mass is 10.0. The summed E-state index contributed by atoms with van der Waals surface area (Å²) in [6.45, 7) is 1.42. The monoisotopic (exact) mass is 227 g/mol. The average Bonchev–Trinajstić information content (AvgIpc) is 2.20. The summed E-state index contributed by atoms with van der Waals surface area (Å²) < 4.78 is 13.5. The van der Waals surface area contributed by atoms with Crippen LogP contribution in [-0.4, -0.2) is 16.0 Å². The van der Waals surface area contributed by atoms with Crippen LogP contribution in [0.3, 0.4) is 0 Å². The molecule has 0 aromatic heterocycles. The van der Waals surface area contributed by atoms with E-state index >= 15 is 0 Å². The van der Waals surface area contributed by atoms with Crippen LogP contribution in [0.4, 0.5) is 10.1 Å². The van der Waals surface area contributed by atoms with E-state index in [1.165, 1.54) is 19.1 Å². The molecular formula is C10H10FNO4. The van der Waals surface area contributed by atoms with Crippen LogP contribution in [0.25, 0.3) is 0 Å². The van der Waals surface area contributed by atoms with E-state index in [2.05, 4.69) is 0 Å². The highest BCUT2D eigenvalue weighted by Gasteiger charge is 2.20. The van der Waals surface area contributed by atoms with Gasteiger partial charge in [0.05, 0.1) is 10.8 Å². The molecule has 0 bridgehead atoms.